The van der Waals surface area contributed by atoms with Gasteiger partial charge in [-0.05, 0) is 17.7 Å². The lowest BCUT2D eigenvalue weighted by Gasteiger charge is -1.97. The highest BCUT2D eigenvalue weighted by molar-refractivity contribution is 6.48. The summed E-state index contributed by atoms with van der Waals surface area (Å²) in [6.07, 6.45) is 1.60. The maximum Gasteiger partial charge on any atom is 0.480 e. The molecular formula is C9H9BO4. The van der Waals surface area contributed by atoms with E-state index in [2.05, 4.69) is 0 Å². The van der Waals surface area contributed by atoms with Crippen molar-refractivity contribution < 1.29 is 19.5 Å². The van der Waals surface area contributed by atoms with E-state index >= 15 is 0 Å². The molecule has 0 bridgehead atoms. The van der Waals surface area contributed by atoms with Crippen LogP contribution in [0.25, 0.3) is 6.08 Å². The highest BCUT2D eigenvalue weighted by atomic mass is 16.7. The van der Waals surface area contributed by atoms with Crippen molar-refractivity contribution in [3.63, 3.8) is 0 Å². The summed E-state index contributed by atoms with van der Waals surface area (Å²) >= 11 is 0. The molecule has 0 radical (unpaired) electrons. The van der Waals surface area contributed by atoms with Crippen LogP contribution in [0.4, 0.5) is 0 Å². The van der Waals surface area contributed by atoms with Crippen molar-refractivity contribution in [2.24, 2.45) is 0 Å². The van der Waals surface area contributed by atoms with E-state index in [4.69, 9.17) is 19.5 Å². The van der Waals surface area contributed by atoms with Gasteiger partial charge in [-0.3, -0.25) is 0 Å². The van der Waals surface area contributed by atoms with Crippen LogP contribution >= 0.6 is 0 Å². The summed E-state index contributed by atoms with van der Waals surface area (Å²) in [5.41, 5.74) is 0.836. The molecule has 2 rings (SSSR count). The van der Waals surface area contributed by atoms with Crippen LogP contribution in [0.5, 0.6) is 11.5 Å². The van der Waals surface area contributed by atoms with E-state index in [9.17, 15) is 0 Å². The first-order valence-corrected chi connectivity index (χ1v) is 4.20. The Morgan fingerprint density at radius 1 is 1.21 bits per heavy atom. The van der Waals surface area contributed by atoms with Gasteiger partial charge in [-0.1, -0.05) is 18.1 Å². The standard InChI is InChI=1S/C9H9BO4/c11-10(12)4-3-7-1-2-8-9(5-7)14-6-13-8/h1-5,11-12H,6H2/b4-3+. The predicted octanol–water partition coefficient (Wildman–Crippen LogP) is 0.440. The van der Waals surface area contributed by atoms with E-state index in [0.29, 0.717) is 11.5 Å². The van der Waals surface area contributed by atoms with Crippen LogP contribution in [0.15, 0.2) is 24.2 Å². The van der Waals surface area contributed by atoms with Gasteiger partial charge in [-0.2, -0.15) is 0 Å². The van der Waals surface area contributed by atoms with E-state index in [1.54, 1.807) is 18.2 Å². The molecule has 72 valence electrons. The average Bonchev–Trinajstić information content (AvgIpc) is 2.61. The molecule has 1 aromatic carbocycles. The molecule has 4 nitrogen and oxygen atoms in total. The van der Waals surface area contributed by atoms with Gasteiger partial charge in [0.1, 0.15) is 0 Å². The Morgan fingerprint density at radius 3 is 2.79 bits per heavy atom. The summed E-state index contributed by atoms with van der Waals surface area (Å²) in [7, 11) is -1.43. The van der Waals surface area contributed by atoms with Crippen LogP contribution in [0, 0.1) is 0 Å². The fourth-order valence-electron chi connectivity index (χ4n) is 1.21. The maximum atomic E-state index is 8.62. The topological polar surface area (TPSA) is 58.9 Å². The molecule has 1 aliphatic heterocycles. The number of fused-ring (bicyclic) bond motifs is 1. The molecule has 0 aromatic heterocycles. The smallest absolute Gasteiger partial charge is 0.454 e. The average molecular weight is 192 g/mol. The Hall–Kier alpha value is -1.46. The van der Waals surface area contributed by atoms with E-state index in [-0.39, 0.29) is 6.79 Å². The molecule has 1 aliphatic rings. The molecule has 0 aliphatic carbocycles. The Bertz CT molecular complexity index is 362. The van der Waals surface area contributed by atoms with Gasteiger partial charge in [0.2, 0.25) is 6.79 Å². The van der Waals surface area contributed by atoms with Crippen molar-refractivity contribution in [3.05, 3.63) is 29.7 Å². The minimum Gasteiger partial charge on any atom is -0.454 e. The third-order valence-corrected chi connectivity index (χ3v) is 1.86. The van der Waals surface area contributed by atoms with Crippen LogP contribution in [-0.2, 0) is 0 Å². The second-order valence-corrected chi connectivity index (χ2v) is 2.89. The van der Waals surface area contributed by atoms with Gasteiger partial charge in [0.15, 0.2) is 11.5 Å². The Labute approximate surface area is 81.5 Å². The first-order chi connectivity index (χ1) is 6.75. The van der Waals surface area contributed by atoms with Crippen molar-refractivity contribution in [1.82, 2.24) is 0 Å². The SMILES string of the molecule is OB(O)/C=C/c1ccc2c(c1)OCO2. The lowest BCUT2D eigenvalue weighted by molar-refractivity contribution is 0.174. The van der Waals surface area contributed by atoms with Crippen LogP contribution in [0.1, 0.15) is 5.56 Å². The lowest BCUT2D eigenvalue weighted by atomic mass is 9.91. The summed E-state index contributed by atoms with van der Waals surface area (Å²) in [6.45, 7) is 0.241. The van der Waals surface area contributed by atoms with E-state index in [1.165, 1.54) is 5.98 Å². The zero-order valence-electron chi connectivity index (χ0n) is 7.38. The second kappa shape index (κ2) is 3.73. The van der Waals surface area contributed by atoms with Gasteiger partial charge < -0.3 is 19.5 Å². The minimum absolute atomic E-state index is 0.241. The molecule has 0 amide bonds. The molecular weight excluding hydrogens is 183 g/mol. The number of hydrogen-bond donors (Lipinski definition) is 2. The van der Waals surface area contributed by atoms with Crippen LogP contribution in [-0.4, -0.2) is 24.0 Å². The van der Waals surface area contributed by atoms with Gasteiger partial charge >= 0.3 is 7.12 Å². The molecule has 5 heteroatoms. The van der Waals surface area contributed by atoms with Crippen molar-refractivity contribution >= 4 is 13.2 Å². The van der Waals surface area contributed by atoms with Crippen molar-refractivity contribution in [3.8, 4) is 11.5 Å². The Kier molecular flexibility index (Phi) is 2.43. The summed E-state index contributed by atoms with van der Waals surface area (Å²) in [5.74, 6) is 2.67. The van der Waals surface area contributed by atoms with Crippen LogP contribution < -0.4 is 9.47 Å². The zero-order valence-corrected chi connectivity index (χ0v) is 7.38. The summed E-state index contributed by atoms with van der Waals surface area (Å²) in [5, 5.41) is 17.2. The maximum absolute atomic E-state index is 8.62. The van der Waals surface area contributed by atoms with E-state index in [0.717, 1.165) is 5.56 Å². The van der Waals surface area contributed by atoms with Gasteiger partial charge in [0.05, 0.1) is 0 Å². The molecule has 2 N–H and O–H groups in total. The number of benzene rings is 1. The quantitative estimate of drug-likeness (QED) is 0.667. The van der Waals surface area contributed by atoms with Crippen molar-refractivity contribution in [2.75, 3.05) is 6.79 Å². The fraction of sp³-hybridized carbons (Fsp3) is 0.111. The Morgan fingerprint density at radius 2 is 2.00 bits per heavy atom. The normalized spacial score (nSPS) is 13.6. The monoisotopic (exact) mass is 192 g/mol. The number of rotatable bonds is 2. The largest absolute Gasteiger partial charge is 0.480 e. The highest BCUT2D eigenvalue weighted by Crippen LogP contribution is 2.32. The molecule has 0 saturated heterocycles. The first-order valence-electron chi connectivity index (χ1n) is 4.20. The molecule has 14 heavy (non-hydrogen) atoms. The second-order valence-electron chi connectivity index (χ2n) is 2.89. The minimum atomic E-state index is -1.43. The zero-order chi connectivity index (χ0) is 9.97. The number of ether oxygens (including phenoxy) is 2. The fourth-order valence-corrected chi connectivity index (χ4v) is 1.21. The van der Waals surface area contributed by atoms with E-state index in [1.807, 2.05) is 6.07 Å². The lowest BCUT2D eigenvalue weighted by Crippen LogP contribution is -2.05. The van der Waals surface area contributed by atoms with Crippen LogP contribution in [0.2, 0.25) is 0 Å². The Balaban J connectivity index is 2.20. The first kappa shape index (κ1) is 9.11. The van der Waals surface area contributed by atoms with Gasteiger partial charge in [0, 0.05) is 0 Å². The van der Waals surface area contributed by atoms with Gasteiger partial charge in [0.25, 0.3) is 0 Å². The summed E-state index contributed by atoms with van der Waals surface area (Å²) in [6, 6.07) is 5.37. The number of hydrogen-bond acceptors (Lipinski definition) is 4. The molecule has 1 aromatic rings. The third kappa shape index (κ3) is 1.89. The van der Waals surface area contributed by atoms with E-state index < -0.39 is 7.12 Å². The summed E-state index contributed by atoms with van der Waals surface area (Å²) in [4.78, 5) is 0. The molecule has 0 atom stereocenters. The van der Waals surface area contributed by atoms with Crippen molar-refractivity contribution in [1.29, 1.82) is 0 Å². The predicted molar refractivity (Wildman–Crippen MR) is 51.8 cm³/mol. The highest BCUT2D eigenvalue weighted by Gasteiger charge is 2.12. The summed E-state index contributed by atoms with van der Waals surface area (Å²) < 4.78 is 10.3. The molecule has 0 saturated carbocycles. The molecule has 0 unspecified atom stereocenters. The van der Waals surface area contributed by atoms with Crippen molar-refractivity contribution in [2.45, 2.75) is 0 Å². The third-order valence-electron chi connectivity index (χ3n) is 1.86. The molecule has 1 heterocycles. The molecule has 0 spiro atoms. The molecule has 0 fully saturated rings. The van der Waals surface area contributed by atoms with Crippen LogP contribution in [0.3, 0.4) is 0 Å². The van der Waals surface area contributed by atoms with Gasteiger partial charge in [-0.15, -0.1) is 0 Å². The van der Waals surface area contributed by atoms with Gasteiger partial charge in [-0.25, -0.2) is 0 Å².